The van der Waals surface area contributed by atoms with Crippen LogP contribution in [0.15, 0.2) is 53.1 Å². The topological polar surface area (TPSA) is 55.1 Å². The lowest BCUT2D eigenvalue weighted by Crippen LogP contribution is -2.25. The molecule has 0 unspecified atom stereocenters. The molecule has 1 heterocycles. The standard InChI is InChI=1S/C24H23ClF2N2O2/c1-3-5-16(20-13-18(25)9-8-15(20)2)10-11-28-24(30)22-14-19(31-29-22)12-17-6-4-7-21(26)23(17)27/h4-9,13-14H,3,10-12H2,1-2H3,(H,28,30)/b16-5-. The SMILES string of the molecule is CC/C=C(/CCNC(=O)c1cc(Cc2cccc(F)c2F)on1)c1cc(Cl)ccc1C. The van der Waals surface area contributed by atoms with Crippen molar-refractivity contribution < 1.29 is 18.1 Å². The molecule has 1 N–H and O–H groups in total. The first-order valence-electron chi connectivity index (χ1n) is 10.0. The minimum Gasteiger partial charge on any atom is -0.360 e. The Morgan fingerprint density at radius 1 is 1.23 bits per heavy atom. The highest BCUT2D eigenvalue weighted by Crippen LogP contribution is 2.25. The van der Waals surface area contributed by atoms with Crippen molar-refractivity contribution in [2.45, 2.75) is 33.1 Å². The summed E-state index contributed by atoms with van der Waals surface area (Å²) in [5, 5.41) is 7.23. The van der Waals surface area contributed by atoms with E-state index in [0.29, 0.717) is 18.0 Å². The number of halogens is 3. The normalized spacial score (nSPS) is 11.6. The number of aryl methyl sites for hydroxylation is 1. The van der Waals surface area contributed by atoms with Crippen LogP contribution in [-0.4, -0.2) is 17.6 Å². The van der Waals surface area contributed by atoms with Crippen LogP contribution in [0.5, 0.6) is 0 Å². The number of benzene rings is 2. The van der Waals surface area contributed by atoms with Crippen molar-refractivity contribution >= 4 is 23.1 Å². The number of aromatic nitrogens is 1. The summed E-state index contributed by atoms with van der Waals surface area (Å²) >= 11 is 6.14. The van der Waals surface area contributed by atoms with Crippen molar-refractivity contribution in [3.63, 3.8) is 0 Å². The molecule has 1 aromatic heterocycles. The molecule has 0 aliphatic rings. The van der Waals surface area contributed by atoms with Crippen LogP contribution in [0.25, 0.3) is 5.57 Å². The number of carbonyl (C=O) groups is 1. The van der Waals surface area contributed by atoms with E-state index in [1.807, 2.05) is 25.1 Å². The lowest BCUT2D eigenvalue weighted by molar-refractivity contribution is 0.0945. The van der Waals surface area contributed by atoms with Crippen LogP contribution in [0.3, 0.4) is 0 Å². The van der Waals surface area contributed by atoms with Gasteiger partial charge in [0, 0.05) is 24.1 Å². The van der Waals surface area contributed by atoms with E-state index in [-0.39, 0.29) is 23.4 Å². The average molecular weight is 445 g/mol. The van der Waals surface area contributed by atoms with Crippen molar-refractivity contribution in [3.8, 4) is 0 Å². The minimum absolute atomic E-state index is 0.00129. The number of carbonyl (C=O) groups excluding carboxylic acids is 1. The summed E-state index contributed by atoms with van der Waals surface area (Å²) < 4.78 is 32.3. The molecular weight excluding hydrogens is 422 g/mol. The molecule has 0 saturated heterocycles. The number of rotatable bonds is 8. The zero-order chi connectivity index (χ0) is 22.4. The van der Waals surface area contributed by atoms with Gasteiger partial charge in [-0.3, -0.25) is 4.79 Å². The Bertz CT molecular complexity index is 1110. The maximum Gasteiger partial charge on any atom is 0.273 e. The highest BCUT2D eigenvalue weighted by Gasteiger charge is 2.15. The van der Waals surface area contributed by atoms with Gasteiger partial charge in [-0.25, -0.2) is 8.78 Å². The van der Waals surface area contributed by atoms with Gasteiger partial charge in [-0.15, -0.1) is 0 Å². The highest BCUT2D eigenvalue weighted by molar-refractivity contribution is 6.30. The van der Waals surface area contributed by atoms with Crippen molar-refractivity contribution in [1.82, 2.24) is 10.5 Å². The predicted octanol–water partition coefficient (Wildman–Crippen LogP) is 6.12. The summed E-state index contributed by atoms with van der Waals surface area (Å²) in [6.45, 7) is 4.47. The molecule has 0 saturated carbocycles. The van der Waals surface area contributed by atoms with Crippen LogP contribution in [0.1, 0.15) is 52.7 Å². The van der Waals surface area contributed by atoms with Crippen LogP contribution >= 0.6 is 11.6 Å². The number of amides is 1. The Labute approximate surface area is 184 Å². The molecule has 0 bridgehead atoms. The lowest BCUT2D eigenvalue weighted by atomic mass is 9.97. The molecular formula is C24H23ClF2N2O2. The van der Waals surface area contributed by atoms with E-state index in [1.165, 1.54) is 18.2 Å². The van der Waals surface area contributed by atoms with E-state index in [0.717, 1.165) is 29.2 Å². The second kappa shape index (κ2) is 10.4. The summed E-state index contributed by atoms with van der Waals surface area (Å²) in [4.78, 5) is 12.4. The Morgan fingerprint density at radius 3 is 2.81 bits per heavy atom. The van der Waals surface area contributed by atoms with Gasteiger partial charge >= 0.3 is 0 Å². The maximum atomic E-state index is 13.8. The molecule has 0 atom stereocenters. The minimum atomic E-state index is -0.934. The molecule has 2 aromatic carbocycles. The van der Waals surface area contributed by atoms with Gasteiger partial charge in [0.1, 0.15) is 5.76 Å². The van der Waals surface area contributed by atoms with Gasteiger partial charge in [-0.2, -0.15) is 0 Å². The van der Waals surface area contributed by atoms with Crippen molar-refractivity contribution in [1.29, 1.82) is 0 Å². The van der Waals surface area contributed by atoms with E-state index in [1.54, 1.807) is 0 Å². The first kappa shape index (κ1) is 22.7. The van der Waals surface area contributed by atoms with Crippen molar-refractivity contribution in [2.75, 3.05) is 6.54 Å². The molecule has 31 heavy (non-hydrogen) atoms. The third-order valence-corrected chi connectivity index (χ3v) is 5.10. The smallest absolute Gasteiger partial charge is 0.273 e. The molecule has 0 fully saturated rings. The summed E-state index contributed by atoms with van der Waals surface area (Å²) in [7, 11) is 0. The second-order valence-corrected chi connectivity index (χ2v) is 7.61. The monoisotopic (exact) mass is 444 g/mol. The molecule has 4 nitrogen and oxygen atoms in total. The van der Waals surface area contributed by atoms with Crippen LogP contribution in [0.4, 0.5) is 8.78 Å². The van der Waals surface area contributed by atoms with Gasteiger partial charge in [0.15, 0.2) is 17.3 Å². The maximum absolute atomic E-state index is 13.8. The Balaban J connectivity index is 1.61. The molecule has 1 amide bonds. The summed E-state index contributed by atoms with van der Waals surface area (Å²) in [5.74, 6) is -1.98. The fourth-order valence-electron chi connectivity index (χ4n) is 3.31. The van der Waals surface area contributed by atoms with Crippen molar-refractivity contribution in [3.05, 3.63) is 93.3 Å². The number of nitrogens with zero attached hydrogens (tertiary/aromatic N) is 1. The molecule has 162 valence electrons. The van der Waals surface area contributed by atoms with Gasteiger partial charge in [0.25, 0.3) is 5.91 Å². The van der Waals surface area contributed by atoms with E-state index in [4.69, 9.17) is 16.1 Å². The summed E-state index contributed by atoms with van der Waals surface area (Å²) in [6, 6.07) is 11.1. The molecule has 0 spiro atoms. The number of hydrogen-bond donors (Lipinski definition) is 1. The quantitative estimate of drug-likeness (QED) is 0.455. The molecule has 3 rings (SSSR count). The number of hydrogen-bond acceptors (Lipinski definition) is 3. The van der Waals surface area contributed by atoms with E-state index in [2.05, 4.69) is 23.5 Å². The number of allylic oxidation sites excluding steroid dienone is 1. The van der Waals surface area contributed by atoms with Gasteiger partial charge in [0.05, 0.1) is 0 Å². The lowest BCUT2D eigenvalue weighted by Gasteiger charge is -2.12. The zero-order valence-corrected chi connectivity index (χ0v) is 18.1. The molecule has 0 radical (unpaired) electrons. The summed E-state index contributed by atoms with van der Waals surface area (Å²) in [6.07, 6.45) is 3.60. The fraction of sp³-hybridized carbons (Fsp3) is 0.250. The van der Waals surface area contributed by atoms with Gasteiger partial charge < -0.3 is 9.84 Å². The zero-order valence-electron chi connectivity index (χ0n) is 17.3. The van der Waals surface area contributed by atoms with Crippen LogP contribution in [0.2, 0.25) is 5.02 Å². The Kier molecular flexibility index (Phi) is 7.58. The van der Waals surface area contributed by atoms with E-state index < -0.39 is 17.5 Å². The molecule has 0 aliphatic carbocycles. The summed E-state index contributed by atoms with van der Waals surface area (Å²) in [5.41, 5.74) is 3.50. The largest absolute Gasteiger partial charge is 0.360 e. The third-order valence-electron chi connectivity index (χ3n) is 4.86. The molecule has 3 aromatic rings. The van der Waals surface area contributed by atoms with Crippen LogP contribution < -0.4 is 5.32 Å². The predicted molar refractivity (Wildman–Crippen MR) is 117 cm³/mol. The molecule has 0 aliphatic heterocycles. The Hall–Kier alpha value is -2.99. The van der Waals surface area contributed by atoms with E-state index >= 15 is 0 Å². The van der Waals surface area contributed by atoms with Crippen molar-refractivity contribution in [2.24, 2.45) is 0 Å². The van der Waals surface area contributed by atoms with Gasteiger partial charge in [-0.05, 0) is 60.2 Å². The number of nitrogens with one attached hydrogen (secondary N) is 1. The molecule has 7 heteroatoms. The van der Waals surface area contributed by atoms with Gasteiger partial charge in [-0.1, -0.05) is 48.0 Å². The van der Waals surface area contributed by atoms with Gasteiger partial charge in [0.2, 0.25) is 0 Å². The third kappa shape index (κ3) is 5.79. The van der Waals surface area contributed by atoms with Crippen LogP contribution in [0, 0.1) is 18.6 Å². The second-order valence-electron chi connectivity index (χ2n) is 7.17. The Morgan fingerprint density at radius 2 is 2.03 bits per heavy atom. The van der Waals surface area contributed by atoms with Crippen LogP contribution in [-0.2, 0) is 6.42 Å². The average Bonchev–Trinajstić information content (AvgIpc) is 3.21. The highest BCUT2D eigenvalue weighted by atomic mass is 35.5. The fourth-order valence-corrected chi connectivity index (χ4v) is 3.48. The van der Waals surface area contributed by atoms with E-state index in [9.17, 15) is 13.6 Å². The first-order chi connectivity index (χ1) is 14.9. The first-order valence-corrected chi connectivity index (χ1v) is 10.4.